The number of piperazine rings is 1. The van der Waals surface area contributed by atoms with E-state index >= 15 is 0 Å². The number of amides is 2. The van der Waals surface area contributed by atoms with Crippen molar-refractivity contribution in [2.24, 2.45) is 11.8 Å². The maximum absolute atomic E-state index is 13.7. The number of esters is 1. The van der Waals surface area contributed by atoms with Crippen LogP contribution < -0.4 is 4.74 Å². The number of benzene rings is 1. The van der Waals surface area contributed by atoms with Gasteiger partial charge in [0.1, 0.15) is 11.3 Å². The average molecular weight is 435 g/mol. The summed E-state index contributed by atoms with van der Waals surface area (Å²) in [5.74, 6) is -1.41. The third-order valence-electron chi connectivity index (χ3n) is 6.58. The van der Waals surface area contributed by atoms with Crippen molar-refractivity contribution in [3.8, 4) is 5.75 Å². The Hall–Kier alpha value is -2.28. The lowest BCUT2D eigenvalue weighted by Gasteiger charge is -2.47. The predicted molar refractivity (Wildman–Crippen MR) is 110 cm³/mol. The Bertz CT molecular complexity index is 890. The van der Waals surface area contributed by atoms with Crippen LogP contribution in [0.5, 0.6) is 5.75 Å². The third-order valence-corrected chi connectivity index (χ3v) is 6.81. The first kappa shape index (κ1) is 21.0. The number of fused-ring (bicyclic) bond motifs is 5. The Kier molecular flexibility index (Phi) is 5.43. The van der Waals surface area contributed by atoms with Crippen LogP contribution >= 0.6 is 11.6 Å². The fourth-order valence-electron chi connectivity index (χ4n) is 5.30. The Morgan fingerprint density at radius 3 is 2.80 bits per heavy atom. The summed E-state index contributed by atoms with van der Waals surface area (Å²) in [6, 6.07) is 4.81. The van der Waals surface area contributed by atoms with Gasteiger partial charge < -0.3 is 19.3 Å². The van der Waals surface area contributed by atoms with Gasteiger partial charge in [0, 0.05) is 23.0 Å². The van der Waals surface area contributed by atoms with Crippen LogP contribution in [0, 0.1) is 11.8 Å². The van der Waals surface area contributed by atoms with Gasteiger partial charge in [-0.15, -0.1) is 0 Å². The number of unbranched alkanes of at least 4 members (excludes halogenated alkanes) is 1. The van der Waals surface area contributed by atoms with E-state index < -0.39 is 23.5 Å². The lowest BCUT2D eigenvalue weighted by atomic mass is 9.77. The standard InChI is InChI=1S/C22H27ClN2O5/c1-4-6-9-24-11-17(26)25-19-14-10-13(23)7-8-16(14)30-12-15(19)18(20(27)29-5-2)22(25,3)21(24)28/h7-8,10,15,18-19H,4-6,9,11-12H2,1-3H3/t15-,18-,19+,22-/m1/s1. The number of rotatable bonds is 5. The molecule has 3 heterocycles. The minimum Gasteiger partial charge on any atom is -0.493 e. The average Bonchev–Trinajstić information content (AvgIpc) is 3.00. The van der Waals surface area contributed by atoms with Crippen LogP contribution in [0.3, 0.4) is 0 Å². The molecule has 3 aliphatic rings. The molecule has 30 heavy (non-hydrogen) atoms. The molecule has 1 aromatic carbocycles. The van der Waals surface area contributed by atoms with Gasteiger partial charge in [-0.25, -0.2) is 0 Å². The summed E-state index contributed by atoms with van der Waals surface area (Å²) >= 11 is 6.25. The highest BCUT2D eigenvalue weighted by Gasteiger charge is 2.68. The molecular formula is C22H27ClN2O5. The van der Waals surface area contributed by atoms with Gasteiger partial charge in [-0.1, -0.05) is 24.9 Å². The summed E-state index contributed by atoms with van der Waals surface area (Å²) in [7, 11) is 0. The van der Waals surface area contributed by atoms with Crippen molar-refractivity contribution in [1.82, 2.24) is 9.80 Å². The largest absolute Gasteiger partial charge is 0.493 e. The summed E-state index contributed by atoms with van der Waals surface area (Å²) in [4.78, 5) is 43.4. The molecule has 0 radical (unpaired) electrons. The highest BCUT2D eigenvalue weighted by Crippen LogP contribution is 2.56. The molecular weight excluding hydrogens is 408 g/mol. The molecule has 2 amide bonds. The molecule has 0 unspecified atom stereocenters. The predicted octanol–water partition coefficient (Wildman–Crippen LogP) is 2.81. The van der Waals surface area contributed by atoms with Gasteiger partial charge in [0.15, 0.2) is 0 Å². The molecule has 4 atom stereocenters. The van der Waals surface area contributed by atoms with Crippen molar-refractivity contribution in [2.75, 3.05) is 26.3 Å². The molecule has 7 nitrogen and oxygen atoms in total. The van der Waals surface area contributed by atoms with Gasteiger partial charge in [0.2, 0.25) is 11.8 Å². The maximum Gasteiger partial charge on any atom is 0.312 e. The fraction of sp³-hybridized carbons (Fsp3) is 0.591. The topological polar surface area (TPSA) is 76.2 Å². The molecule has 4 rings (SSSR count). The van der Waals surface area contributed by atoms with E-state index in [1.807, 2.05) is 6.92 Å². The Morgan fingerprint density at radius 2 is 2.10 bits per heavy atom. The molecule has 8 heteroatoms. The smallest absolute Gasteiger partial charge is 0.312 e. The van der Waals surface area contributed by atoms with Gasteiger partial charge in [-0.2, -0.15) is 0 Å². The van der Waals surface area contributed by atoms with E-state index in [4.69, 9.17) is 21.1 Å². The number of ether oxygens (including phenoxy) is 2. The third kappa shape index (κ3) is 2.97. The molecule has 0 N–H and O–H groups in total. The van der Waals surface area contributed by atoms with E-state index in [9.17, 15) is 14.4 Å². The lowest BCUT2D eigenvalue weighted by Crippen LogP contribution is -2.67. The van der Waals surface area contributed by atoms with E-state index in [1.54, 1.807) is 41.8 Å². The van der Waals surface area contributed by atoms with Gasteiger partial charge >= 0.3 is 5.97 Å². The highest BCUT2D eigenvalue weighted by molar-refractivity contribution is 6.30. The first-order chi connectivity index (χ1) is 14.3. The summed E-state index contributed by atoms with van der Waals surface area (Å²) in [5.41, 5.74) is -0.585. The molecule has 0 aromatic heterocycles. The van der Waals surface area contributed by atoms with Crippen LogP contribution in [0.15, 0.2) is 18.2 Å². The zero-order valence-electron chi connectivity index (χ0n) is 17.5. The van der Waals surface area contributed by atoms with E-state index in [1.165, 1.54) is 0 Å². The first-order valence-corrected chi connectivity index (χ1v) is 10.9. The minimum atomic E-state index is -1.32. The molecule has 0 aliphatic carbocycles. The summed E-state index contributed by atoms with van der Waals surface area (Å²) < 4.78 is 11.3. The fourth-order valence-corrected chi connectivity index (χ4v) is 5.48. The van der Waals surface area contributed by atoms with Crippen molar-refractivity contribution >= 4 is 29.4 Å². The molecule has 3 aliphatic heterocycles. The summed E-state index contributed by atoms with van der Waals surface area (Å²) in [6.07, 6.45) is 1.71. The van der Waals surface area contributed by atoms with E-state index in [0.29, 0.717) is 17.3 Å². The van der Waals surface area contributed by atoms with Crippen LogP contribution in [0.1, 0.15) is 45.2 Å². The number of hydrogen-bond acceptors (Lipinski definition) is 5. The highest BCUT2D eigenvalue weighted by atomic mass is 35.5. The minimum absolute atomic E-state index is 0.0178. The van der Waals surface area contributed by atoms with Crippen LogP contribution in [0.2, 0.25) is 5.02 Å². The van der Waals surface area contributed by atoms with Crippen LogP contribution in [0.25, 0.3) is 0 Å². The quantitative estimate of drug-likeness (QED) is 0.666. The van der Waals surface area contributed by atoms with Crippen LogP contribution in [-0.2, 0) is 19.1 Å². The number of carbonyl (C=O) groups excluding carboxylic acids is 3. The lowest BCUT2D eigenvalue weighted by molar-refractivity contribution is -0.170. The number of halogens is 1. The number of nitrogens with zero attached hydrogens (tertiary/aromatic N) is 2. The number of hydrogen-bond donors (Lipinski definition) is 0. The van der Waals surface area contributed by atoms with Crippen molar-refractivity contribution < 1.29 is 23.9 Å². The zero-order valence-corrected chi connectivity index (χ0v) is 18.3. The Morgan fingerprint density at radius 1 is 1.33 bits per heavy atom. The van der Waals surface area contributed by atoms with Gasteiger partial charge in [0.25, 0.3) is 0 Å². The van der Waals surface area contributed by atoms with E-state index in [2.05, 4.69) is 0 Å². The van der Waals surface area contributed by atoms with Gasteiger partial charge in [0.05, 0.1) is 31.7 Å². The van der Waals surface area contributed by atoms with Gasteiger partial charge in [-0.05, 0) is 38.5 Å². The van der Waals surface area contributed by atoms with Crippen molar-refractivity contribution in [1.29, 1.82) is 0 Å². The normalized spacial score (nSPS) is 29.8. The van der Waals surface area contributed by atoms with Crippen LogP contribution in [-0.4, -0.2) is 59.4 Å². The van der Waals surface area contributed by atoms with Crippen LogP contribution in [0.4, 0.5) is 0 Å². The molecule has 0 saturated carbocycles. The molecule has 2 saturated heterocycles. The monoisotopic (exact) mass is 434 g/mol. The van der Waals surface area contributed by atoms with E-state index in [0.717, 1.165) is 18.4 Å². The van der Waals surface area contributed by atoms with Crippen molar-refractivity contribution in [2.45, 2.75) is 45.2 Å². The Balaban J connectivity index is 1.85. The summed E-state index contributed by atoms with van der Waals surface area (Å²) in [6.45, 7) is 6.41. The second kappa shape index (κ2) is 7.76. The van der Waals surface area contributed by atoms with Crippen molar-refractivity contribution in [3.63, 3.8) is 0 Å². The molecule has 0 bridgehead atoms. The number of carbonyl (C=O) groups is 3. The Labute approximate surface area is 181 Å². The first-order valence-electron chi connectivity index (χ1n) is 10.5. The molecule has 0 spiro atoms. The second-order valence-electron chi connectivity index (χ2n) is 8.32. The maximum atomic E-state index is 13.7. The molecule has 162 valence electrons. The molecule has 1 aromatic rings. The summed E-state index contributed by atoms with van der Waals surface area (Å²) in [5, 5.41) is 0.514. The second-order valence-corrected chi connectivity index (χ2v) is 8.76. The van der Waals surface area contributed by atoms with Crippen molar-refractivity contribution in [3.05, 3.63) is 28.8 Å². The van der Waals surface area contributed by atoms with Gasteiger partial charge in [-0.3, -0.25) is 14.4 Å². The SMILES string of the molecule is CCCCN1CC(=O)N2[C@H]3c4cc(Cl)ccc4OC[C@@H]3[C@H](C(=O)OCC)[C@]2(C)C1=O. The molecule has 2 fully saturated rings. The van der Waals surface area contributed by atoms with E-state index in [-0.39, 0.29) is 37.5 Å². The zero-order chi connectivity index (χ0) is 21.6.